The van der Waals surface area contributed by atoms with Crippen LogP contribution in [0.3, 0.4) is 0 Å². The summed E-state index contributed by atoms with van der Waals surface area (Å²) in [6.07, 6.45) is 0.715. The van der Waals surface area contributed by atoms with Crippen LogP contribution in [0.25, 0.3) is 0 Å². The first kappa shape index (κ1) is 14.5. The van der Waals surface area contributed by atoms with E-state index in [0.717, 1.165) is 12.1 Å². The van der Waals surface area contributed by atoms with Crippen molar-refractivity contribution < 1.29 is 14.3 Å². The molecule has 1 N–H and O–H groups in total. The normalized spacial score (nSPS) is 20.0. The molecular weight excluding hydrogens is 256 g/mol. The predicted octanol–water partition coefficient (Wildman–Crippen LogP) is 1.11. The number of benzene rings is 1. The molecular formula is C15H20N2O3. The lowest BCUT2D eigenvalue weighted by Crippen LogP contribution is -2.42. The summed E-state index contributed by atoms with van der Waals surface area (Å²) < 4.78 is 4.87. The molecule has 0 aromatic heterocycles. The second-order valence-corrected chi connectivity index (χ2v) is 4.77. The van der Waals surface area contributed by atoms with E-state index >= 15 is 0 Å². The van der Waals surface area contributed by atoms with Gasteiger partial charge in [0.15, 0.2) is 6.04 Å². The Labute approximate surface area is 118 Å². The summed E-state index contributed by atoms with van der Waals surface area (Å²) in [6.45, 7) is 3.26. The second-order valence-electron chi connectivity index (χ2n) is 4.77. The molecule has 1 aliphatic rings. The summed E-state index contributed by atoms with van der Waals surface area (Å²) in [5.41, 5.74) is 0.782. The summed E-state index contributed by atoms with van der Waals surface area (Å²) in [5, 5.41) is 3.14. The number of carbonyl (C=O) groups excluding carboxylic acids is 2. The van der Waals surface area contributed by atoms with Crippen molar-refractivity contribution in [3.8, 4) is 0 Å². The third-order valence-corrected chi connectivity index (χ3v) is 3.54. The molecule has 1 aromatic carbocycles. The first-order valence-corrected chi connectivity index (χ1v) is 6.85. The quantitative estimate of drug-likeness (QED) is 0.819. The highest BCUT2D eigenvalue weighted by Crippen LogP contribution is 2.27. The third kappa shape index (κ3) is 2.82. The molecule has 20 heavy (non-hydrogen) atoms. The molecule has 0 radical (unpaired) electrons. The van der Waals surface area contributed by atoms with E-state index in [1.807, 2.05) is 37.3 Å². The van der Waals surface area contributed by atoms with Crippen LogP contribution in [-0.2, 0) is 14.3 Å². The van der Waals surface area contributed by atoms with E-state index in [1.165, 1.54) is 7.11 Å². The molecule has 1 heterocycles. The number of ether oxygens (including phenoxy) is 1. The highest BCUT2D eigenvalue weighted by molar-refractivity contribution is 5.89. The minimum absolute atomic E-state index is 0.0360. The second kappa shape index (κ2) is 6.52. The maximum Gasteiger partial charge on any atom is 0.333 e. The van der Waals surface area contributed by atoms with Crippen LogP contribution >= 0.6 is 0 Å². The highest BCUT2D eigenvalue weighted by atomic mass is 16.5. The lowest BCUT2D eigenvalue weighted by atomic mass is 10.1. The minimum Gasteiger partial charge on any atom is -0.467 e. The van der Waals surface area contributed by atoms with Gasteiger partial charge in [-0.25, -0.2) is 4.79 Å². The van der Waals surface area contributed by atoms with Crippen molar-refractivity contribution in [1.29, 1.82) is 0 Å². The molecule has 0 bridgehead atoms. The molecule has 2 unspecified atom stereocenters. The first-order chi connectivity index (χ1) is 9.69. The largest absolute Gasteiger partial charge is 0.467 e. The van der Waals surface area contributed by atoms with Crippen LogP contribution in [0.15, 0.2) is 30.3 Å². The Morgan fingerprint density at radius 2 is 2.15 bits per heavy atom. The van der Waals surface area contributed by atoms with Gasteiger partial charge in [0, 0.05) is 6.54 Å². The number of methoxy groups -OCH3 is 1. The molecule has 2 atom stereocenters. The molecule has 0 aliphatic carbocycles. The molecule has 1 aliphatic heterocycles. The molecule has 5 heteroatoms. The number of likely N-dealkylation sites (N-methyl/N-ethyl adjacent to an activating group) is 1. The van der Waals surface area contributed by atoms with E-state index in [0.29, 0.717) is 13.0 Å². The molecule has 0 saturated carbocycles. The van der Waals surface area contributed by atoms with Crippen molar-refractivity contribution in [3.63, 3.8) is 0 Å². The summed E-state index contributed by atoms with van der Waals surface area (Å²) in [7, 11) is 1.35. The maximum absolute atomic E-state index is 12.4. The zero-order valence-electron chi connectivity index (χ0n) is 11.8. The van der Waals surface area contributed by atoms with Gasteiger partial charge in [0.1, 0.15) is 0 Å². The predicted molar refractivity (Wildman–Crippen MR) is 75.0 cm³/mol. The average molecular weight is 276 g/mol. The number of likely N-dealkylation sites (tertiary alicyclic amines) is 1. The van der Waals surface area contributed by atoms with Gasteiger partial charge < -0.3 is 15.0 Å². The van der Waals surface area contributed by atoms with Crippen LogP contribution in [0.5, 0.6) is 0 Å². The van der Waals surface area contributed by atoms with E-state index in [2.05, 4.69) is 5.32 Å². The Bertz CT molecular complexity index is 475. The molecule has 0 spiro atoms. The van der Waals surface area contributed by atoms with Crippen LogP contribution in [0, 0.1) is 0 Å². The Morgan fingerprint density at radius 1 is 1.45 bits per heavy atom. The van der Waals surface area contributed by atoms with E-state index in [4.69, 9.17) is 4.74 Å². The van der Waals surface area contributed by atoms with Crippen molar-refractivity contribution >= 4 is 11.9 Å². The topological polar surface area (TPSA) is 58.6 Å². The number of rotatable bonds is 5. The van der Waals surface area contributed by atoms with Gasteiger partial charge in [-0.3, -0.25) is 4.79 Å². The maximum atomic E-state index is 12.4. The van der Waals surface area contributed by atoms with Crippen molar-refractivity contribution in [3.05, 3.63) is 35.9 Å². The lowest BCUT2D eigenvalue weighted by Gasteiger charge is -2.26. The highest BCUT2D eigenvalue weighted by Gasteiger charge is 2.39. The van der Waals surface area contributed by atoms with E-state index in [1.54, 1.807) is 4.90 Å². The van der Waals surface area contributed by atoms with Gasteiger partial charge >= 0.3 is 5.97 Å². The number of nitrogens with zero attached hydrogens (tertiary/aromatic N) is 1. The molecule has 1 saturated heterocycles. The zero-order valence-corrected chi connectivity index (χ0v) is 11.8. The van der Waals surface area contributed by atoms with Gasteiger partial charge in [0.2, 0.25) is 5.91 Å². The van der Waals surface area contributed by atoms with Crippen LogP contribution < -0.4 is 5.32 Å². The Kier molecular flexibility index (Phi) is 4.74. The van der Waals surface area contributed by atoms with Crippen molar-refractivity contribution in [2.45, 2.75) is 25.4 Å². The first-order valence-electron chi connectivity index (χ1n) is 6.85. The van der Waals surface area contributed by atoms with Gasteiger partial charge in [-0.15, -0.1) is 0 Å². The fraction of sp³-hybridized carbons (Fsp3) is 0.467. The number of esters is 1. The van der Waals surface area contributed by atoms with Crippen molar-refractivity contribution in [2.75, 3.05) is 20.2 Å². The molecule has 2 rings (SSSR count). The zero-order chi connectivity index (χ0) is 14.5. The van der Waals surface area contributed by atoms with E-state index in [9.17, 15) is 9.59 Å². The summed E-state index contributed by atoms with van der Waals surface area (Å²) in [4.78, 5) is 26.1. The van der Waals surface area contributed by atoms with Gasteiger partial charge in [-0.2, -0.15) is 0 Å². The standard InChI is InChI=1S/C15H20N2O3/c1-3-16-12-9-10-17(14(12)18)13(15(19)20-2)11-7-5-4-6-8-11/h4-8,12-13,16H,3,9-10H2,1-2H3. The average Bonchev–Trinajstić information content (AvgIpc) is 2.82. The SMILES string of the molecule is CCNC1CCN(C(C(=O)OC)c2ccccc2)C1=O. The number of nitrogens with one attached hydrogen (secondary N) is 1. The smallest absolute Gasteiger partial charge is 0.333 e. The van der Waals surface area contributed by atoms with Crippen LogP contribution in [-0.4, -0.2) is 43.0 Å². The Balaban J connectivity index is 2.25. The van der Waals surface area contributed by atoms with Crippen molar-refractivity contribution in [1.82, 2.24) is 10.2 Å². The van der Waals surface area contributed by atoms with Crippen LogP contribution in [0.2, 0.25) is 0 Å². The number of hydrogen-bond acceptors (Lipinski definition) is 4. The number of amides is 1. The van der Waals surface area contributed by atoms with E-state index < -0.39 is 12.0 Å². The van der Waals surface area contributed by atoms with Gasteiger partial charge in [-0.05, 0) is 18.5 Å². The minimum atomic E-state index is -0.655. The monoisotopic (exact) mass is 276 g/mol. The van der Waals surface area contributed by atoms with Gasteiger partial charge in [0.25, 0.3) is 0 Å². The van der Waals surface area contributed by atoms with E-state index in [-0.39, 0.29) is 11.9 Å². The fourth-order valence-electron chi connectivity index (χ4n) is 2.58. The summed E-state index contributed by atoms with van der Waals surface area (Å²) in [5.74, 6) is -0.437. The fourth-order valence-corrected chi connectivity index (χ4v) is 2.58. The van der Waals surface area contributed by atoms with Crippen LogP contribution in [0.4, 0.5) is 0 Å². The van der Waals surface area contributed by atoms with Gasteiger partial charge in [0.05, 0.1) is 13.2 Å². The molecule has 1 aromatic rings. The van der Waals surface area contributed by atoms with Crippen LogP contribution in [0.1, 0.15) is 24.9 Å². The van der Waals surface area contributed by atoms with Gasteiger partial charge in [-0.1, -0.05) is 37.3 Å². The summed E-state index contributed by atoms with van der Waals surface area (Å²) >= 11 is 0. The molecule has 5 nitrogen and oxygen atoms in total. The Hall–Kier alpha value is -1.88. The Morgan fingerprint density at radius 3 is 2.75 bits per heavy atom. The summed E-state index contributed by atoms with van der Waals surface area (Å²) in [6, 6.07) is 8.42. The lowest BCUT2D eigenvalue weighted by molar-refractivity contribution is -0.151. The molecule has 1 amide bonds. The molecule has 108 valence electrons. The molecule has 1 fully saturated rings. The number of carbonyl (C=O) groups is 2. The number of hydrogen-bond donors (Lipinski definition) is 1. The third-order valence-electron chi connectivity index (χ3n) is 3.54. The van der Waals surface area contributed by atoms with Crippen molar-refractivity contribution in [2.24, 2.45) is 0 Å².